The number of rotatable bonds is 3. The average molecular weight is 379 g/mol. The maximum Gasteiger partial charge on any atom is 0.433 e. The second-order valence-electron chi connectivity index (χ2n) is 7.42. The number of likely N-dealkylation sites (tertiary alicyclic amines) is 1. The van der Waals surface area contributed by atoms with Crippen molar-refractivity contribution in [1.82, 2.24) is 19.4 Å². The zero-order valence-corrected chi connectivity index (χ0v) is 15.0. The largest absolute Gasteiger partial charge is 0.433 e. The maximum atomic E-state index is 13.0. The summed E-state index contributed by atoms with van der Waals surface area (Å²) in [6.45, 7) is 2.52. The van der Waals surface area contributed by atoms with Gasteiger partial charge in [0.05, 0.1) is 5.54 Å². The summed E-state index contributed by atoms with van der Waals surface area (Å²) in [5.41, 5.74) is -0.573. The fraction of sp³-hybridized carbons (Fsp3) is 0.500. The predicted molar refractivity (Wildman–Crippen MR) is 92.2 cm³/mol. The van der Waals surface area contributed by atoms with Gasteiger partial charge in [-0.3, -0.25) is 4.79 Å². The fourth-order valence-corrected chi connectivity index (χ4v) is 4.04. The molecule has 2 aliphatic rings. The summed E-state index contributed by atoms with van der Waals surface area (Å²) >= 11 is 0. The Kier molecular flexibility index (Phi) is 3.94. The highest BCUT2D eigenvalue weighted by Gasteiger charge is 2.55. The number of aryl methyl sites for hydroxylation is 2. The summed E-state index contributed by atoms with van der Waals surface area (Å²) in [4.78, 5) is 22.3. The molecule has 1 aliphatic heterocycles. The number of nitrogens with one attached hydrogen (secondary N) is 1. The minimum absolute atomic E-state index is 0.0276. The van der Waals surface area contributed by atoms with E-state index >= 15 is 0 Å². The van der Waals surface area contributed by atoms with Crippen molar-refractivity contribution in [1.29, 1.82) is 0 Å². The number of anilines is 1. The molecular weight excluding hydrogens is 359 g/mol. The van der Waals surface area contributed by atoms with E-state index in [0.29, 0.717) is 18.8 Å². The van der Waals surface area contributed by atoms with Gasteiger partial charge in [0.1, 0.15) is 11.4 Å². The van der Waals surface area contributed by atoms with E-state index in [1.54, 1.807) is 15.5 Å². The first kappa shape index (κ1) is 17.8. The summed E-state index contributed by atoms with van der Waals surface area (Å²) in [6, 6.07) is 4.51. The number of hydrogen-bond donors (Lipinski definition) is 1. The third-order valence-electron chi connectivity index (χ3n) is 5.59. The molecule has 1 amide bonds. The Morgan fingerprint density at radius 2 is 2.15 bits per heavy atom. The molecule has 27 heavy (non-hydrogen) atoms. The Balaban J connectivity index is 1.56. The number of hydrogen-bond acceptors (Lipinski definition) is 4. The number of fused-ring (bicyclic) bond motifs is 1. The van der Waals surface area contributed by atoms with Gasteiger partial charge in [-0.1, -0.05) is 0 Å². The predicted octanol–water partition coefficient (Wildman–Crippen LogP) is 2.86. The van der Waals surface area contributed by atoms with Crippen molar-refractivity contribution in [3.8, 4) is 0 Å². The number of halogens is 3. The van der Waals surface area contributed by atoms with Crippen LogP contribution < -0.4 is 5.32 Å². The third kappa shape index (κ3) is 3.04. The molecule has 1 saturated heterocycles. The molecule has 144 valence electrons. The van der Waals surface area contributed by atoms with Crippen molar-refractivity contribution < 1.29 is 18.0 Å². The van der Waals surface area contributed by atoms with Crippen molar-refractivity contribution >= 4 is 11.9 Å². The Bertz CT molecular complexity index is 893. The molecule has 0 aromatic carbocycles. The molecular formula is C18H20F3N5O. The van der Waals surface area contributed by atoms with Crippen molar-refractivity contribution in [3.63, 3.8) is 0 Å². The lowest BCUT2D eigenvalue weighted by Gasteiger charge is -2.44. The SMILES string of the molecule is Cc1cc(C(F)(F)F)nc(NC23CCC2CN(C(=O)c2cccn2C)C3)n1. The summed E-state index contributed by atoms with van der Waals surface area (Å²) in [7, 11) is 1.81. The number of amides is 1. The smallest absolute Gasteiger partial charge is 0.347 e. The quantitative estimate of drug-likeness (QED) is 0.891. The van der Waals surface area contributed by atoms with Gasteiger partial charge in [-0.15, -0.1) is 0 Å². The minimum atomic E-state index is -4.52. The monoisotopic (exact) mass is 379 g/mol. The van der Waals surface area contributed by atoms with Crippen molar-refractivity contribution in [2.24, 2.45) is 13.0 Å². The van der Waals surface area contributed by atoms with Crippen molar-refractivity contribution in [2.75, 3.05) is 18.4 Å². The highest BCUT2D eigenvalue weighted by Crippen LogP contribution is 2.46. The van der Waals surface area contributed by atoms with Gasteiger partial charge in [0.2, 0.25) is 5.95 Å². The number of aromatic nitrogens is 3. The topological polar surface area (TPSA) is 63.1 Å². The van der Waals surface area contributed by atoms with E-state index in [1.807, 2.05) is 19.3 Å². The summed E-state index contributed by atoms with van der Waals surface area (Å²) in [5, 5.41) is 3.13. The lowest BCUT2D eigenvalue weighted by Crippen LogP contribution is -2.53. The van der Waals surface area contributed by atoms with Crippen LogP contribution in [0.15, 0.2) is 24.4 Å². The molecule has 3 heterocycles. The molecule has 1 aliphatic carbocycles. The van der Waals surface area contributed by atoms with Gasteiger partial charge >= 0.3 is 6.18 Å². The van der Waals surface area contributed by atoms with E-state index in [-0.39, 0.29) is 23.5 Å². The number of carbonyl (C=O) groups excluding carboxylic acids is 1. The van der Waals surface area contributed by atoms with Crippen LogP contribution in [0, 0.1) is 12.8 Å². The first-order valence-electron chi connectivity index (χ1n) is 8.80. The van der Waals surface area contributed by atoms with Gasteiger partial charge in [-0.05, 0) is 38.0 Å². The Morgan fingerprint density at radius 3 is 2.74 bits per heavy atom. The van der Waals surface area contributed by atoms with Crippen LogP contribution in [0.4, 0.5) is 19.1 Å². The van der Waals surface area contributed by atoms with E-state index in [4.69, 9.17) is 0 Å². The Hall–Kier alpha value is -2.58. The van der Waals surface area contributed by atoms with Crippen LogP contribution in [-0.2, 0) is 13.2 Å². The van der Waals surface area contributed by atoms with Gasteiger partial charge in [0, 0.05) is 37.9 Å². The first-order valence-corrected chi connectivity index (χ1v) is 8.80. The zero-order valence-electron chi connectivity index (χ0n) is 15.0. The molecule has 6 nitrogen and oxygen atoms in total. The summed E-state index contributed by atoms with van der Waals surface area (Å²) in [6.07, 6.45) is -1.02. The van der Waals surface area contributed by atoms with E-state index in [2.05, 4.69) is 15.3 Å². The number of alkyl halides is 3. The zero-order chi connectivity index (χ0) is 19.4. The van der Waals surface area contributed by atoms with E-state index in [0.717, 1.165) is 18.9 Å². The molecule has 9 heteroatoms. The Morgan fingerprint density at radius 1 is 1.37 bits per heavy atom. The van der Waals surface area contributed by atoms with Crippen molar-refractivity contribution in [3.05, 3.63) is 41.5 Å². The van der Waals surface area contributed by atoms with Gasteiger partial charge in [0.25, 0.3) is 5.91 Å². The van der Waals surface area contributed by atoms with Gasteiger partial charge < -0.3 is 14.8 Å². The minimum Gasteiger partial charge on any atom is -0.347 e. The van der Waals surface area contributed by atoms with Gasteiger partial charge in [0.15, 0.2) is 0 Å². The molecule has 1 N–H and O–H groups in total. The maximum absolute atomic E-state index is 13.0. The highest BCUT2D eigenvalue weighted by atomic mass is 19.4. The second-order valence-corrected chi connectivity index (χ2v) is 7.42. The van der Waals surface area contributed by atoms with Crippen LogP contribution in [-0.4, -0.2) is 44.0 Å². The molecule has 4 rings (SSSR count). The molecule has 0 bridgehead atoms. The molecule has 0 radical (unpaired) electrons. The fourth-order valence-electron chi connectivity index (χ4n) is 4.04. The van der Waals surface area contributed by atoms with E-state index < -0.39 is 17.4 Å². The van der Waals surface area contributed by atoms with E-state index in [1.165, 1.54) is 6.92 Å². The third-order valence-corrected chi connectivity index (χ3v) is 5.59. The normalized spacial score (nSPS) is 24.5. The molecule has 1 saturated carbocycles. The van der Waals surface area contributed by atoms with Crippen LogP contribution >= 0.6 is 0 Å². The van der Waals surface area contributed by atoms with Crippen LogP contribution in [0.5, 0.6) is 0 Å². The van der Waals surface area contributed by atoms with Crippen LogP contribution in [0.1, 0.15) is 34.7 Å². The van der Waals surface area contributed by atoms with Crippen molar-refractivity contribution in [2.45, 2.75) is 31.5 Å². The lowest BCUT2D eigenvalue weighted by molar-refractivity contribution is -0.141. The first-order chi connectivity index (χ1) is 12.7. The Labute approximate surface area is 154 Å². The highest BCUT2D eigenvalue weighted by molar-refractivity contribution is 5.93. The van der Waals surface area contributed by atoms with E-state index in [9.17, 15) is 18.0 Å². The average Bonchev–Trinajstić information content (AvgIpc) is 3.09. The van der Waals surface area contributed by atoms with Crippen LogP contribution in [0.2, 0.25) is 0 Å². The summed E-state index contributed by atoms with van der Waals surface area (Å²) in [5.74, 6) is 0.0829. The van der Waals surface area contributed by atoms with Crippen LogP contribution in [0.3, 0.4) is 0 Å². The summed E-state index contributed by atoms with van der Waals surface area (Å²) < 4.78 is 40.9. The molecule has 2 aromatic rings. The second kappa shape index (κ2) is 5.97. The molecule has 0 spiro atoms. The molecule has 2 unspecified atom stereocenters. The van der Waals surface area contributed by atoms with Gasteiger partial charge in [-0.2, -0.15) is 13.2 Å². The molecule has 2 fully saturated rings. The van der Waals surface area contributed by atoms with Crippen LogP contribution in [0.25, 0.3) is 0 Å². The number of carbonyl (C=O) groups is 1. The molecule has 2 aromatic heterocycles. The standard InChI is InChI=1S/C18H20F3N5O/c1-11-8-14(18(19,20)21)23-16(22-11)24-17-6-5-12(17)9-26(10-17)15(27)13-4-3-7-25(13)2/h3-4,7-8,12H,5-6,9-10H2,1-2H3,(H,22,23,24). The lowest BCUT2D eigenvalue weighted by atomic mass is 9.69. The number of nitrogens with zero attached hydrogens (tertiary/aromatic N) is 4. The molecule has 2 atom stereocenters. The van der Waals surface area contributed by atoms with Gasteiger partial charge in [-0.25, -0.2) is 9.97 Å².